The minimum Gasteiger partial charge on any atom is -0.483 e. The highest BCUT2D eigenvalue weighted by molar-refractivity contribution is 5.97. The number of nitrogens with two attached hydrogens (primary N) is 1. The van der Waals surface area contributed by atoms with Gasteiger partial charge in [0.25, 0.3) is 5.91 Å². The fourth-order valence-corrected chi connectivity index (χ4v) is 1.70. The van der Waals surface area contributed by atoms with E-state index in [1.54, 1.807) is 19.2 Å². The number of anilines is 1. The summed E-state index contributed by atoms with van der Waals surface area (Å²) in [7, 11) is 1.56. The Hall–Kier alpha value is -2.08. The molecule has 0 heterocycles. The van der Waals surface area contributed by atoms with Gasteiger partial charge in [0, 0.05) is 18.8 Å². The Morgan fingerprint density at radius 2 is 2.10 bits per heavy atom. The third kappa shape index (κ3) is 4.89. The highest BCUT2D eigenvalue weighted by atomic mass is 16.5. The molecule has 0 radical (unpaired) electrons. The molecule has 0 saturated heterocycles. The summed E-state index contributed by atoms with van der Waals surface area (Å²) in [5.74, 6) is -0.0948. The minimum atomic E-state index is -0.277. The van der Waals surface area contributed by atoms with Gasteiger partial charge in [-0.3, -0.25) is 9.59 Å². The van der Waals surface area contributed by atoms with E-state index in [4.69, 9.17) is 15.2 Å². The highest BCUT2D eigenvalue weighted by Crippen LogP contribution is 2.21. The third-order valence-corrected chi connectivity index (χ3v) is 2.57. The summed E-state index contributed by atoms with van der Waals surface area (Å²) in [6.07, 6.45) is 0. The molecule has 0 aliphatic carbocycles. The number of ether oxygens (including phenoxy) is 2. The lowest BCUT2D eigenvalue weighted by Gasteiger charge is -2.14. The molecule has 1 aromatic carbocycles. The van der Waals surface area contributed by atoms with Crippen molar-refractivity contribution in [1.82, 2.24) is 5.32 Å². The van der Waals surface area contributed by atoms with Crippen LogP contribution in [0.2, 0.25) is 0 Å². The molecule has 1 aromatic rings. The largest absolute Gasteiger partial charge is 0.483 e. The number of rotatable bonds is 7. The van der Waals surface area contributed by atoms with Gasteiger partial charge in [-0.1, -0.05) is 0 Å². The summed E-state index contributed by atoms with van der Waals surface area (Å²) in [5.41, 5.74) is 6.46. The summed E-state index contributed by atoms with van der Waals surface area (Å²) in [6.45, 7) is 3.50. The number of hydrogen-bond acceptors (Lipinski definition) is 5. The zero-order valence-corrected chi connectivity index (χ0v) is 11.9. The molecule has 3 N–H and O–H groups in total. The maximum absolute atomic E-state index is 11.6. The van der Waals surface area contributed by atoms with Crippen molar-refractivity contribution in [2.24, 2.45) is 0 Å². The van der Waals surface area contributed by atoms with Gasteiger partial charge in [-0.25, -0.2) is 0 Å². The number of carbonyl (C=O) groups excluding carboxylic acids is 2. The van der Waals surface area contributed by atoms with Gasteiger partial charge in [0.1, 0.15) is 5.75 Å². The Morgan fingerprint density at radius 3 is 2.70 bits per heavy atom. The molecule has 1 atom stereocenters. The molecule has 1 rings (SSSR count). The molecule has 0 aliphatic rings. The number of carbonyl (C=O) groups is 2. The first-order valence-corrected chi connectivity index (χ1v) is 6.25. The molecule has 0 spiro atoms. The van der Waals surface area contributed by atoms with Gasteiger partial charge in [0.05, 0.1) is 12.2 Å². The van der Waals surface area contributed by atoms with E-state index in [9.17, 15) is 9.59 Å². The summed E-state index contributed by atoms with van der Waals surface area (Å²) >= 11 is 0. The molecule has 1 unspecified atom stereocenters. The lowest BCUT2D eigenvalue weighted by molar-refractivity contribution is -0.124. The number of Topliss-reactive ketones (excluding diaryl/α,β-unsaturated/α-hetero) is 1. The van der Waals surface area contributed by atoms with E-state index in [0.29, 0.717) is 23.6 Å². The van der Waals surface area contributed by atoms with Crippen LogP contribution in [0.25, 0.3) is 0 Å². The predicted molar refractivity (Wildman–Crippen MR) is 75.8 cm³/mol. The van der Waals surface area contributed by atoms with Crippen LogP contribution in [0.3, 0.4) is 0 Å². The minimum absolute atomic E-state index is 0.102. The van der Waals surface area contributed by atoms with E-state index in [1.165, 1.54) is 13.0 Å². The molecule has 0 fully saturated rings. The molecule has 0 aromatic heterocycles. The molecule has 6 nitrogen and oxygen atoms in total. The maximum atomic E-state index is 11.6. The molecule has 20 heavy (non-hydrogen) atoms. The number of ketones is 1. The molecule has 0 saturated carbocycles. The number of hydrogen-bond donors (Lipinski definition) is 2. The average Bonchev–Trinajstić information content (AvgIpc) is 2.37. The number of nitrogens with one attached hydrogen (secondary N) is 1. The topological polar surface area (TPSA) is 90.7 Å². The van der Waals surface area contributed by atoms with Crippen molar-refractivity contribution in [2.45, 2.75) is 19.9 Å². The Labute approximate surface area is 118 Å². The zero-order valence-electron chi connectivity index (χ0n) is 11.9. The molecule has 1 amide bonds. The second-order valence-corrected chi connectivity index (χ2v) is 4.52. The van der Waals surface area contributed by atoms with Crippen LogP contribution in [0.15, 0.2) is 18.2 Å². The van der Waals surface area contributed by atoms with Crippen LogP contribution in [0.5, 0.6) is 5.75 Å². The first-order valence-electron chi connectivity index (χ1n) is 6.25. The van der Waals surface area contributed by atoms with Gasteiger partial charge in [-0.2, -0.15) is 0 Å². The Morgan fingerprint density at radius 1 is 1.40 bits per heavy atom. The van der Waals surface area contributed by atoms with Crippen molar-refractivity contribution >= 4 is 17.4 Å². The number of amides is 1. The van der Waals surface area contributed by atoms with E-state index in [0.717, 1.165) is 0 Å². The van der Waals surface area contributed by atoms with E-state index < -0.39 is 0 Å². The van der Waals surface area contributed by atoms with E-state index >= 15 is 0 Å². The van der Waals surface area contributed by atoms with Crippen molar-refractivity contribution in [3.8, 4) is 5.75 Å². The monoisotopic (exact) mass is 280 g/mol. The van der Waals surface area contributed by atoms with E-state index in [2.05, 4.69) is 5.32 Å². The first-order chi connectivity index (χ1) is 9.43. The summed E-state index contributed by atoms with van der Waals surface area (Å²) < 4.78 is 10.3. The van der Waals surface area contributed by atoms with Crippen LogP contribution in [-0.4, -0.2) is 38.1 Å². The zero-order chi connectivity index (χ0) is 15.1. The fraction of sp³-hybridized carbons (Fsp3) is 0.429. The van der Waals surface area contributed by atoms with Crippen molar-refractivity contribution in [2.75, 3.05) is 26.1 Å². The number of nitrogen functional groups attached to an aromatic ring is 1. The van der Waals surface area contributed by atoms with Gasteiger partial charge in [0.2, 0.25) is 0 Å². The smallest absolute Gasteiger partial charge is 0.258 e. The Balaban J connectivity index is 2.61. The van der Waals surface area contributed by atoms with Crippen LogP contribution < -0.4 is 15.8 Å². The van der Waals surface area contributed by atoms with Gasteiger partial charge in [-0.15, -0.1) is 0 Å². The molecule has 0 aliphatic heterocycles. The summed E-state index contributed by atoms with van der Waals surface area (Å²) in [4.78, 5) is 23.1. The molecular weight excluding hydrogens is 260 g/mol. The van der Waals surface area contributed by atoms with Crippen LogP contribution in [0.1, 0.15) is 24.2 Å². The van der Waals surface area contributed by atoms with Crippen molar-refractivity contribution in [3.05, 3.63) is 23.8 Å². The number of benzene rings is 1. The number of methoxy groups -OCH3 is 1. The summed E-state index contributed by atoms with van der Waals surface area (Å²) in [6, 6.07) is 4.63. The molecule has 6 heteroatoms. The third-order valence-electron chi connectivity index (χ3n) is 2.57. The van der Waals surface area contributed by atoms with Crippen molar-refractivity contribution in [1.29, 1.82) is 0 Å². The first kappa shape index (κ1) is 16.0. The van der Waals surface area contributed by atoms with Crippen LogP contribution in [0.4, 0.5) is 5.69 Å². The highest BCUT2D eigenvalue weighted by Gasteiger charge is 2.12. The van der Waals surface area contributed by atoms with Crippen LogP contribution >= 0.6 is 0 Å². The maximum Gasteiger partial charge on any atom is 0.258 e. The Bertz CT molecular complexity index is 488. The average molecular weight is 280 g/mol. The van der Waals surface area contributed by atoms with Gasteiger partial charge < -0.3 is 20.5 Å². The van der Waals surface area contributed by atoms with Crippen LogP contribution in [0, 0.1) is 0 Å². The van der Waals surface area contributed by atoms with Gasteiger partial charge in [0.15, 0.2) is 12.4 Å². The predicted octanol–water partition coefficient (Wildman–Crippen LogP) is 1.00. The lowest BCUT2D eigenvalue weighted by Crippen LogP contribution is -2.38. The molecule has 110 valence electrons. The normalized spacial score (nSPS) is 11.8. The standard InChI is InChI=1S/C14H20N2O4/c1-9(7-19-3)16-14(18)8-20-13-5-4-11(15)6-12(13)10(2)17/h4-6,9H,7-8,15H2,1-3H3,(H,16,18). The second kappa shape index (κ2) is 7.49. The SMILES string of the molecule is COCC(C)NC(=O)COc1ccc(N)cc1C(C)=O. The van der Waals surface area contributed by atoms with Crippen molar-refractivity contribution < 1.29 is 19.1 Å². The summed E-state index contributed by atoms with van der Waals surface area (Å²) in [5, 5.41) is 2.71. The van der Waals surface area contributed by atoms with Crippen molar-refractivity contribution in [3.63, 3.8) is 0 Å². The quantitative estimate of drug-likeness (QED) is 0.574. The van der Waals surface area contributed by atoms with E-state index in [-0.39, 0.29) is 24.3 Å². The van der Waals surface area contributed by atoms with Gasteiger partial charge in [-0.05, 0) is 32.0 Å². The van der Waals surface area contributed by atoms with Crippen LogP contribution in [-0.2, 0) is 9.53 Å². The molecule has 0 bridgehead atoms. The molecular formula is C14H20N2O4. The lowest BCUT2D eigenvalue weighted by atomic mass is 10.1. The van der Waals surface area contributed by atoms with E-state index in [1.807, 2.05) is 6.92 Å². The second-order valence-electron chi connectivity index (χ2n) is 4.52. The van der Waals surface area contributed by atoms with Gasteiger partial charge >= 0.3 is 0 Å². The fourth-order valence-electron chi connectivity index (χ4n) is 1.70. The Kier molecular flexibility index (Phi) is 5.99.